The minimum Gasteiger partial charge on any atom is -0.472 e. The summed E-state index contributed by atoms with van der Waals surface area (Å²) < 4.78 is 4.84. The highest BCUT2D eigenvalue weighted by Crippen LogP contribution is 2.14. The molecule has 0 saturated heterocycles. The van der Waals surface area contributed by atoms with Crippen molar-refractivity contribution in [3.05, 3.63) is 24.2 Å². The molecule has 0 aromatic carbocycles. The summed E-state index contributed by atoms with van der Waals surface area (Å²) in [6, 6.07) is 1.71. The van der Waals surface area contributed by atoms with Gasteiger partial charge in [-0.2, -0.15) is 0 Å². The van der Waals surface area contributed by atoms with Gasteiger partial charge in [-0.25, -0.2) is 0 Å². The van der Waals surface area contributed by atoms with Crippen LogP contribution in [-0.4, -0.2) is 5.11 Å². The molecule has 0 aliphatic rings. The predicted octanol–water partition coefficient (Wildman–Crippen LogP) is 2.36. The van der Waals surface area contributed by atoms with E-state index >= 15 is 0 Å². The monoisotopic (exact) mass is 178 g/mol. The van der Waals surface area contributed by atoms with Crippen LogP contribution in [0.4, 0.5) is 0 Å². The summed E-state index contributed by atoms with van der Waals surface area (Å²) in [6.07, 6.45) is 2.29. The summed E-state index contributed by atoms with van der Waals surface area (Å²) in [6.45, 7) is 6.01. The van der Waals surface area contributed by atoms with Crippen molar-refractivity contribution in [2.24, 2.45) is 5.41 Å². The van der Waals surface area contributed by atoms with E-state index in [4.69, 9.17) is 4.42 Å². The van der Waals surface area contributed by atoms with Gasteiger partial charge in [0, 0.05) is 11.0 Å². The molecule has 1 heterocycles. The topological polar surface area (TPSA) is 33.4 Å². The van der Waals surface area contributed by atoms with Crippen LogP contribution in [0, 0.1) is 17.3 Å². The molecule has 1 rings (SSSR count). The molecule has 0 spiro atoms. The first-order chi connectivity index (χ1) is 5.99. The lowest BCUT2D eigenvalue weighted by atomic mass is 9.97. The minimum absolute atomic E-state index is 0.0787. The van der Waals surface area contributed by atoms with Crippen LogP contribution in [0.15, 0.2) is 23.0 Å². The molecule has 1 aromatic heterocycles. The van der Waals surface area contributed by atoms with Gasteiger partial charge in [0.1, 0.15) is 6.10 Å². The molecule has 0 fully saturated rings. The second-order valence-corrected chi connectivity index (χ2v) is 3.98. The zero-order chi connectivity index (χ0) is 9.90. The molecule has 0 aliphatic carbocycles. The molecule has 2 heteroatoms. The van der Waals surface area contributed by atoms with Gasteiger partial charge in [-0.1, -0.05) is 11.8 Å². The molecule has 13 heavy (non-hydrogen) atoms. The van der Waals surface area contributed by atoms with Crippen molar-refractivity contribution >= 4 is 0 Å². The van der Waals surface area contributed by atoms with Gasteiger partial charge in [0.15, 0.2) is 0 Å². The first-order valence-corrected chi connectivity index (χ1v) is 4.22. The number of aliphatic hydroxyl groups excluding tert-OH is 1. The van der Waals surface area contributed by atoms with Gasteiger partial charge < -0.3 is 9.52 Å². The number of hydrogen-bond donors (Lipinski definition) is 1. The third-order valence-corrected chi connectivity index (χ3v) is 1.44. The Morgan fingerprint density at radius 1 is 1.46 bits per heavy atom. The Morgan fingerprint density at radius 2 is 2.15 bits per heavy atom. The minimum atomic E-state index is -0.738. The Morgan fingerprint density at radius 3 is 2.62 bits per heavy atom. The highest BCUT2D eigenvalue weighted by atomic mass is 16.3. The molecule has 0 aliphatic heterocycles. The molecule has 70 valence electrons. The predicted molar refractivity (Wildman–Crippen MR) is 50.9 cm³/mol. The molecule has 1 N–H and O–H groups in total. The van der Waals surface area contributed by atoms with Crippen molar-refractivity contribution in [2.45, 2.75) is 26.9 Å². The average molecular weight is 178 g/mol. The van der Waals surface area contributed by atoms with Gasteiger partial charge in [-0.3, -0.25) is 0 Å². The van der Waals surface area contributed by atoms with Crippen molar-refractivity contribution in [2.75, 3.05) is 0 Å². The average Bonchev–Trinajstić information content (AvgIpc) is 2.50. The number of aliphatic hydroxyl groups is 1. The summed E-state index contributed by atoms with van der Waals surface area (Å²) in [7, 11) is 0. The van der Waals surface area contributed by atoms with Crippen molar-refractivity contribution in [1.29, 1.82) is 0 Å². The largest absolute Gasteiger partial charge is 0.472 e. The summed E-state index contributed by atoms with van der Waals surface area (Å²) in [5.41, 5.74) is 0.627. The van der Waals surface area contributed by atoms with Crippen molar-refractivity contribution in [3.63, 3.8) is 0 Å². The molecule has 0 amide bonds. The van der Waals surface area contributed by atoms with E-state index in [2.05, 4.69) is 11.8 Å². The number of rotatable bonds is 1. The fourth-order valence-corrected chi connectivity index (χ4v) is 0.799. The quantitative estimate of drug-likeness (QED) is 0.670. The highest BCUT2D eigenvalue weighted by molar-refractivity contribution is 5.22. The molecular weight excluding hydrogens is 164 g/mol. The van der Waals surface area contributed by atoms with Crippen molar-refractivity contribution in [3.8, 4) is 11.8 Å². The number of furan rings is 1. The van der Waals surface area contributed by atoms with Gasteiger partial charge >= 0.3 is 0 Å². The Kier molecular flexibility index (Phi) is 2.79. The highest BCUT2D eigenvalue weighted by Gasteiger charge is 2.07. The van der Waals surface area contributed by atoms with Crippen LogP contribution in [0.5, 0.6) is 0 Å². The van der Waals surface area contributed by atoms with Gasteiger partial charge in [0.2, 0.25) is 0 Å². The summed E-state index contributed by atoms with van der Waals surface area (Å²) in [5.74, 6) is 5.74. The first kappa shape index (κ1) is 9.88. The van der Waals surface area contributed by atoms with Gasteiger partial charge in [0.05, 0.1) is 12.5 Å². The second-order valence-electron chi connectivity index (χ2n) is 3.98. The van der Waals surface area contributed by atoms with Crippen LogP contribution >= 0.6 is 0 Å². The van der Waals surface area contributed by atoms with Gasteiger partial charge in [0.25, 0.3) is 0 Å². The van der Waals surface area contributed by atoms with E-state index in [1.165, 1.54) is 12.5 Å². The van der Waals surface area contributed by atoms with Crippen LogP contribution in [0.2, 0.25) is 0 Å². The van der Waals surface area contributed by atoms with Crippen molar-refractivity contribution in [1.82, 2.24) is 0 Å². The SMILES string of the molecule is CC(C)(C)C#C[C@H](O)c1ccoc1. The standard InChI is InChI=1S/C11H14O2/c1-11(2,3)6-4-10(12)9-5-7-13-8-9/h5,7-8,10,12H,1-3H3/t10-/m0/s1. The van der Waals surface area contributed by atoms with Crippen LogP contribution in [0.3, 0.4) is 0 Å². The summed E-state index contributed by atoms with van der Waals surface area (Å²) in [5, 5.41) is 9.54. The Hall–Kier alpha value is -1.20. The summed E-state index contributed by atoms with van der Waals surface area (Å²) >= 11 is 0. The molecule has 0 radical (unpaired) electrons. The second kappa shape index (κ2) is 3.68. The van der Waals surface area contributed by atoms with Crippen LogP contribution in [-0.2, 0) is 0 Å². The van der Waals surface area contributed by atoms with Crippen molar-refractivity contribution < 1.29 is 9.52 Å². The molecule has 0 unspecified atom stereocenters. The van der Waals surface area contributed by atoms with E-state index < -0.39 is 6.10 Å². The Bertz CT molecular complexity index is 306. The summed E-state index contributed by atoms with van der Waals surface area (Å²) in [4.78, 5) is 0. The molecule has 1 aromatic rings. The third-order valence-electron chi connectivity index (χ3n) is 1.44. The van der Waals surface area contributed by atoms with E-state index in [-0.39, 0.29) is 5.41 Å². The smallest absolute Gasteiger partial charge is 0.143 e. The van der Waals surface area contributed by atoms with E-state index in [0.717, 1.165) is 0 Å². The van der Waals surface area contributed by atoms with Crippen LogP contribution in [0.25, 0.3) is 0 Å². The maximum Gasteiger partial charge on any atom is 0.143 e. The zero-order valence-corrected chi connectivity index (χ0v) is 8.16. The third kappa shape index (κ3) is 3.35. The fourth-order valence-electron chi connectivity index (χ4n) is 0.799. The molecular formula is C11H14O2. The zero-order valence-electron chi connectivity index (χ0n) is 8.16. The van der Waals surface area contributed by atoms with Gasteiger partial charge in [-0.05, 0) is 26.8 Å². The van der Waals surface area contributed by atoms with Crippen LogP contribution < -0.4 is 0 Å². The van der Waals surface area contributed by atoms with E-state index in [1.54, 1.807) is 6.07 Å². The maximum atomic E-state index is 9.54. The van der Waals surface area contributed by atoms with Crippen LogP contribution in [0.1, 0.15) is 32.4 Å². The van der Waals surface area contributed by atoms with E-state index in [9.17, 15) is 5.11 Å². The fraction of sp³-hybridized carbons (Fsp3) is 0.455. The Balaban J connectivity index is 2.69. The van der Waals surface area contributed by atoms with E-state index in [0.29, 0.717) is 5.56 Å². The normalized spacial score (nSPS) is 13.2. The lowest BCUT2D eigenvalue weighted by molar-refractivity contribution is 0.236. The first-order valence-electron chi connectivity index (χ1n) is 4.22. The number of hydrogen-bond acceptors (Lipinski definition) is 2. The lowest BCUT2D eigenvalue weighted by Gasteiger charge is -2.07. The lowest BCUT2D eigenvalue weighted by Crippen LogP contribution is -2.01. The molecule has 0 bridgehead atoms. The Labute approximate surface area is 78.6 Å². The molecule has 2 nitrogen and oxygen atoms in total. The molecule has 0 saturated carbocycles. The van der Waals surface area contributed by atoms with Gasteiger partial charge in [-0.15, -0.1) is 0 Å². The van der Waals surface area contributed by atoms with E-state index in [1.807, 2.05) is 20.8 Å². The maximum absolute atomic E-state index is 9.54. The molecule has 1 atom stereocenters.